The van der Waals surface area contributed by atoms with E-state index in [4.69, 9.17) is 0 Å². The number of hydrogen-bond donors (Lipinski definition) is 2. The maximum Gasteiger partial charge on any atom is 0.221 e. The van der Waals surface area contributed by atoms with Gasteiger partial charge in [0.2, 0.25) is 5.91 Å². The zero-order valence-corrected chi connectivity index (χ0v) is 13.8. The first-order valence-corrected chi connectivity index (χ1v) is 8.18. The fourth-order valence-electron chi connectivity index (χ4n) is 2.85. The van der Waals surface area contributed by atoms with Crippen LogP contribution in [0.15, 0.2) is 24.3 Å². The van der Waals surface area contributed by atoms with Crippen LogP contribution < -0.4 is 15.5 Å². The summed E-state index contributed by atoms with van der Waals surface area (Å²) in [5.41, 5.74) is 2.07. The molecular formula is C17H28N4O. The molecule has 122 valence electrons. The van der Waals surface area contributed by atoms with Crippen molar-refractivity contribution in [2.75, 3.05) is 56.5 Å². The van der Waals surface area contributed by atoms with Gasteiger partial charge in [0, 0.05) is 44.5 Å². The normalized spacial score (nSPS) is 15.8. The minimum atomic E-state index is -0.0245. The lowest BCUT2D eigenvalue weighted by molar-refractivity contribution is -0.114. The van der Waals surface area contributed by atoms with Crippen molar-refractivity contribution in [3.05, 3.63) is 24.3 Å². The second-order valence-electron chi connectivity index (χ2n) is 5.87. The number of nitrogens with one attached hydrogen (secondary N) is 2. The molecule has 1 fully saturated rings. The van der Waals surface area contributed by atoms with Gasteiger partial charge in [0.1, 0.15) is 0 Å². The first kappa shape index (κ1) is 16.8. The topological polar surface area (TPSA) is 47.6 Å². The fraction of sp³-hybridized carbons (Fsp3) is 0.588. The summed E-state index contributed by atoms with van der Waals surface area (Å²) >= 11 is 0. The van der Waals surface area contributed by atoms with Gasteiger partial charge >= 0.3 is 0 Å². The summed E-state index contributed by atoms with van der Waals surface area (Å²) in [7, 11) is 2.01. The minimum absolute atomic E-state index is 0.0245. The van der Waals surface area contributed by atoms with Gasteiger partial charge in [-0.15, -0.1) is 0 Å². The molecule has 0 spiro atoms. The molecule has 0 radical (unpaired) electrons. The van der Waals surface area contributed by atoms with E-state index < -0.39 is 0 Å². The largest absolute Gasteiger partial charge is 0.369 e. The lowest BCUT2D eigenvalue weighted by Crippen LogP contribution is -2.46. The molecule has 1 aromatic rings. The van der Waals surface area contributed by atoms with E-state index >= 15 is 0 Å². The average Bonchev–Trinajstić information content (AvgIpc) is 2.52. The third-order valence-electron chi connectivity index (χ3n) is 4.06. The van der Waals surface area contributed by atoms with Crippen molar-refractivity contribution >= 4 is 17.3 Å². The molecule has 1 saturated heterocycles. The SMILES string of the molecule is CNCCCCN1CCN(c2cccc(NC(C)=O)c2)CC1. The van der Waals surface area contributed by atoms with Crippen molar-refractivity contribution in [3.8, 4) is 0 Å². The Morgan fingerprint density at radius 3 is 2.64 bits per heavy atom. The third-order valence-corrected chi connectivity index (χ3v) is 4.06. The molecule has 0 saturated carbocycles. The van der Waals surface area contributed by atoms with E-state index in [1.54, 1.807) is 6.92 Å². The summed E-state index contributed by atoms with van der Waals surface area (Å²) in [6, 6.07) is 8.12. The fourth-order valence-corrected chi connectivity index (χ4v) is 2.85. The Hall–Kier alpha value is -1.59. The van der Waals surface area contributed by atoms with Gasteiger partial charge in [-0.25, -0.2) is 0 Å². The van der Waals surface area contributed by atoms with Crippen LogP contribution in [0.2, 0.25) is 0 Å². The van der Waals surface area contributed by atoms with Gasteiger partial charge in [-0.1, -0.05) is 6.07 Å². The van der Waals surface area contributed by atoms with Crippen molar-refractivity contribution in [2.24, 2.45) is 0 Å². The molecule has 1 amide bonds. The molecule has 0 aliphatic carbocycles. The number of nitrogens with zero attached hydrogens (tertiary/aromatic N) is 2. The zero-order valence-electron chi connectivity index (χ0n) is 13.8. The molecule has 5 nitrogen and oxygen atoms in total. The highest BCUT2D eigenvalue weighted by atomic mass is 16.1. The predicted octanol–water partition coefficient (Wildman–Crippen LogP) is 1.77. The molecule has 1 aliphatic heterocycles. The number of rotatable bonds is 7. The van der Waals surface area contributed by atoms with Crippen molar-refractivity contribution in [1.82, 2.24) is 10.2 Å². The first-order chi connectivity index (χ1) is 10.7. The van der Waals surface area contributed by atoms with E-state index in [0.717, 1.165) is 38.4 Å². The molecule has 2 N–H and O–H groups in total. The van der Waals surface area contributed by atoms with Crippen LogP contribution >= 0.6 is 0 Å². The Bertz CT molecular complexity index is 469. The number of unbranched alkanes of at least 4 members (excludes halogenated alkanes) is 1. The third kappa shape index (κ3) is 5.31. The smallest absolute Gasteiger partial charge is 0.221 e. The van der Waals surface area contributed by atoms with Crippen molar-refractivity contribution in [3.63, 3.8) is 0 Å². The van der Waals surface area contributed by atoms with E-state index in [-0.39, 0.29) is 5.91 Å². The highest BCUT2D eigenvalue weighted by Crippen LogP contribution is 2.21. The summed E-state index contributed by atoms with van der Waals surface area (Å²) in [5, 5.41) is 6.05. The minimum Gasteiger partial charge on any atom is -0.369 e. The maximum absolute atomic E-state index is 11.2. The van der Waals surface area contributed by atoms with E-state index in [0.29, 0.717) is 0 Å². The lowest BCUT2D eigenvalue weighted by atomic mass is 10.2. The second kappa shape index (κ2) is 8.76. The van der Waals surface area contributed by atoms with Gasteiger partial charge in [-0.05, 0) is 51.2 Å². The lowest BCUT2D eigenvalue weighted by Gasteiger charge is -2.36. The van der Waals surface area contributed by atoms with Crippen LogP contribution in [0.1, 0.15) is 19.8 Å². The van der Waals surface area contributed by atoms with Crippen molar-refractivity contribution < 1.29 is 4.79 Å². The van der Waals surface area contributed by atoms with E-state index in [9.17, 15) is 4.79 Å². The van der Waals surface area contributed by atoms with Crippen LogP contribution in [0.4, 0.5) is 11.4 Å². The monoisotopic (exact) mass is 304 g/mol. The Balaban J connectivity index is 1.80. The molecule has 1 aliphatic rings. The summed E-state index contributed by atoms with van der Waals surface area (Å²) < 4.78 is 0. The Morgan fingerprint density at radius 1 is 1.18 bits per heavy atom. The van der Waals surface area contributed by atoms with Crippen LogP contribution in [0.5, 0.6) is 0 Å². The molecule has 22 heavy (non-hydrogen) atoms. The molecular weight excluding hydrogens is 276 g/mol. The van der Waals surface area contributed by atoms with E-state index in [1.807, 2.05) is 19.2 Å². The van der Waals surface area contributed by atoms with Crippen molar-refractivity contribution in [2.45, 2.75) is 19.8 Å². The van der Waals surface area contributed by atoms with E-state index in [1.165, 1.54) is 25.1 Å². The number of carbonyl (C=O) groups is 1. The van der Waals surface area contributed by atoms with Gasteiger partial charge in [0.25, 0.3) is 0 Å². The average molecular weight is 304 g/mol. The van der Waals surface area contributed by atoms with Gasteiger partial charge in [0.15, 0.2) is 0 Å². The number of carbonyl (C=O) groups excluding carboxylic acids is 1. The van der Waals surface area contributed by atoms with Gasteiger partial charge in [-0.2, -0.15) is 0 Å². The molecule has 2 rings (SSSR count). The summed E-state index contributed by atoms with van der Waals surface area (Å²) in [5.74, 6) is -0.0245. The molecule has 5 heteroatoms. The number of piperazine rings is 1. The van der Waals surface area contributed by atoms with Crippen LogP contribution in [0, 0.1) is 0 Å². The number of amides is 1. The Labute approximate surface area is 133 Å². The van der Waals surface area contributed by atoms with E-state index in [2.05, 4.69) is 32.6 Å². The second-order valence-corrected chi connectivity index (χ2v) is 5.87. The van der Waals surface area contributed by atoms with Crippen molar-refractivity contribution in [1.29, 1.82) is 0 Å². The van der Waals surface area contributed by atoms with Crippen LogP contribution in [-0.4, -0.2) is 57.1 Å². The highest BCUT2D eigenvalue weighted by Gasteiger charge is 2.16. The standard InChI is InChI=1S/C17H28N4O/c1-15(22)19-16-6-5-7-17(14-16)21-12-10-20(11-13-21)9-4-3-8-18-2/h5-7,14,18H,3-4,8-13H2,1-2H3,(H,19,22). The summed E-state index contributed by atoms with van der Waals surface area (Å²) in [4.78, 5) is 16.1. The number of anilines is 2. The number of hydrogen-bond acceptors (Lipinski definition) is 4. The van der Waals surface area contributed by atoms with Crippen LogP contribution in [-0.2, 0) is 4.79 Å². The summed E-state index contributed by atoms with van der Waals surface area (Å²) in [6.07, 6.45) is 2.51. The predicted molar refractivity (Wildman–Crippen MR) is 92.6 cm³/mol. The Kier molecular flexibility index (Phi) is 6.68. The molecule has 0 atom stereocenters. The maximum atomic E-state index is 11.2. The quantitative estimate of drug-likeness (QED) is 0.754. The first-order valence-electron chi connectivity index (χ1n) is 8.18. The van der Waals surface area contributed by atoms with Gasteiger partial charge < -0.3 is 15.5 Å². The Morgan fingerprint density at radius 2 is 1.95 bits per heavy atom. The van der Waals surface area contributed by atoms with Gasteiger partial charge in [-0.3, -0.25) is 9.69 Å². The zero-order chi connectivity index (χ0) is 15.8. The molecule has 1 aromatic carbocycles. The van der Waals surface area contributed by atoms with Crippen LogP contribution in [0.3, 0.4) is 0 Å². The highest BCUT2D eigenvalue weighted by molar-refractivity contribution is 5.89. The summed E-state index contributed by atoms with van der Waals surface area (Å²) in [6.45, 7) is 8.18. The molecule has 0 aromatic heterocycles. The molecule has 0 bridgehead atoms. The molecule has 1 heterocycles. The molecule has 0 unspecified atom stereocenters. The van der Waals surface area contributed by atoms with Crippen LogP contribution in [0.25, 0.3) is 0 Å². The number of benzene rings is 1. The van der Waals surface area contributed by atoms with Gasteiger partial charge in [0.05, 0.1) is 0 Å².